The summed E-state index contributed by atoms with van der Waals surface area (Å²) < 4.78 is 69.3. The average molecular weight is 623 g/mol. The number of benzene rings is 1. The van der Waals surface area contributed by atoms with Crippen LogP contribution in [0.4, 0.5) is 13.2 Å². The topological polar surface area (TPSA) is 101 Å². The van der Waals surface area contributed by atoms with Crippen molar-refractivity contribution in [3.63, 3.8) is 0 Å². The minimum absolute atomic E-state index is 0.0202. The standard InChI is InChI=1S/C29H33F3N4O4S2/c1-4-42(38,39)23-7-5-20(6-8-23)15-33-26(37)24-14-21-13-18(2)40-28(25(21)41-24)9-11-36(12-10-28)19(3)22-16-34-27(35-17-22)29(30,31)32/h5-8,14,16-19H,4,9-13,15H2,1-3H3,(H,33,37). The van der Waals surface area contributed by atoms with Gasteiger partial charge in [0.1, 0.15) is 5.60 Å². The number of hydrogen-bond acceptors (Lipinski definition) is 8. The predicted molar refractivity (Wildman–Crippen MR) is 152 cm³/mol. The van der Waals surface area contributed by atoms with E-state index in [0.717, 1.165) is 16.0 Å². The second-order valence-corrected chi connectivity index (χ2v) is 14.2. The normalized spacial score (nSPS) is 19.8. The third-order valence-corrected chi connectivity index (χ3v) is 11.2. The van der Waals surface area contributed by atoms with E-state index < -0.39 is 27.4 Å². The van der Waals surface area contributed by atoms with Crippen molar-refractivity contribution >= 4 is 27.1 Å². The molecule has 2 aliphatic rings. The van der Waals surface area contributed by atoms with E-state index in [1.807, 2.05) is 19.9 Å². The lowest BCUT2D eigenvalue weighted by atomic mass is 9.83. The van der Waals surface area contributed by atoms with Gasteiger partial charge < -0.3 is 10.1 Å². The molecule has 2 unspecified atom stereocenters. The number of alkyl halides is 3. The highest BCUT2D eigenvalue weighted by Crippen LogP contribution is 2.48. The summed E-state index contributed by atoms with van der Waals surface area (Å²) in [5.41, 5.74) is 2.00. The van der Waals surface area contributed by atoms with Crippen molar-refractivity contribution in [3.8, 4) is 0 Å². The zero-order chi connectivity index (χ0) is 30.3. The van der Waals surface area contributed by atoms with Crippen LogP contribution in [0.1, 0.15) is 76.7 Å². The molecular weight excluding hydrogens is 589 g/mol. The van der Waals surface area contributed by atoms with Gasteiger partial charge in [0.25, 0.3) is 5.91 Å². The Bertz CT molecular complexity index is 1530. The minimum Gasteiger partial charge on any atom is -0.366 e. The van der Waals surface area contributed by atoms with Gasteiger partial charge >= 0.3 is 6.18 Å². The zero-order valence-electron chi connectivity index (χ0n) is 23.6. The van der Waals surface area contributed by atoms with Gasteiger partial charge in [0, 0.05) is 48.5 Å². The molecular formula is C29H33F3N4O4S2. The Balaban J connectivity index is 1.25. The Morgan fingerprint density at radius 2 is 1.83 bits per heavy atom. The molecule has 0 saturated carbocycles. The molecule has 4 heterocycles. The lowest BCUT2D eigenvalue weighted by Gasteiger charge is -2.47. The number of piperidine rings is 1. The summed E-state index contributed by atoms with van der Waals surface area (Å²) in [6.07, 6.45) is -0.0321. The van der Waals surface area contributed by atoms with Crippen molar-refractivity contribution in [1.29, 1.82) is 0 Å². The van der Waals surface area contributed by atoms with Gasteiger partial charge in [-0.25, -0.2) is 18.4 Å². The smallest absolute Gasteiger partial charge is 0.366 e. The molecule has 2 atom stereocenters. The number of fused-ring (bicyclic) bond motifs is 2. The number of amides is 1. The maximum absolute atomic E-state index is 13.1. The van der Waals surface area contributed by atoms with Crippen molar-refractivity contribution in [2.45, 2.75) is 75.4 Å². The zero-order valence-corrected chi connectivity index (χ0v) is 25.2. The molecule has 0 radical (unpaired) electrons. The van der Waals surface area contributed by atoms with E-state index in [2.05, 4.69) is 20.2 Å². The first-order chi connectivity index (χ1) is 19.8. The van der Waals surface area contributed by atoms with Crippen LogP contribution in [0.2, 0.25) is 0 Å². The van der Waals surface area contributed by atoms with E-state index in [-0.39, 0.29) is 35.2 Å². The first kappa shape index (κ1) is 30.6. The molecule has 226 valence electrons. The van der Waals surface area contributed by atoms with Gasteiger partial charge in [0.15, 0.2) is 9.84 Å². The summed E-state index contributed by atoms with van der Waals surface area (Å²) in [4.78, 5) is 24.3. The highest BCUT2D eigenvalue weighted by Gasteiger charge is 2.45. The molecule has 1 spiro atoms. The second-order valence-electron chi connectivity index (χ2n) is 10.9. The fraction of sp³-hybridized carbons (Fsp3) is 0.483. The van der Waals surface area contributed by atoms with Crippen molar-refractivity contribution < 1.29 is 31.1 Å². The van der Waals surface area contributed by atoms with Crippen LogP contribution in [-0.4, -0.2) is 54.1 Å². The van der Waals surface area contributed by atoms with Gasteiger partial charge in [-0.3, -0.25) is 9.69 Å². The molecule has 3 aromatic rings. The third-order valence-electron chi connectivity index (χ3n) is 8.06. The summed E-state index contributed by atoms with van der Waals surface area (Å²) in [6, 6.07) is 8.32. The van der Waals surface area contributed by atoms with Crippen molar-refractivity contribution in [2.75, 3.05) is 18.8 Å². The number of thiophene rings is 1. The molecule has 42 heavy (non-hydrogen) atoms. The molecule has 0 aliphatic carbocycles. The Morgan fingerprint density at radius 1 is 1.19 bits per heavy atom. The van der Waals surface area contributed by atoms with E-state index in [1.54, 1.807) is 31.2 Å². The molecule has 8 nitrogen and oxygen atoms in total. The van der Waals surface area contributed by atoms with Gasteiger partial charge in [0.2, 0.25) is 5.82 Å². The molecule has 1 N–H and O–H groups in total. The molecule has 1 amide bonds. The van der Waals surface area contributed by atoms with E-state index in [9.17, 15) is 26.4 Å². The van der Waals surface area contributed by atoms with Gasteiger partial charge in [-0.1, -0.05) is 19.1 Å². The SMILES string of the molecule is CCS(=O)(=O)c1ccc(CNC(=O)c2cc3c(s2)C2(CCN(C(C)c4cnc(C(F)(F)F)nc4)CC2)OC(C)C3)cc1. The largest absolute Gasteiger partial charge is 0.451 e. The highest BCUT2D eigenvalue weighted by molar-refractivity contribution is 7.91. The van der Waals surface area contributed by atoms with Gasteiger partial charge in [-0.2, -0.15) is 13.2 Å². The predicted octanol–water partition coefficient (Wildman–Crippen LogP) is 5.29. The first-order valence-electron chi connectivity index (χ1n) is 13.9. The fourth-order valence-electron chi connectivity index (χ4n) is 5.65. The van der Waals surface area contributed by atoms with Crippen LogP contribution in [-0.2, 0) is 39.3 Å². The Labute approximate surface area is 247 Å². The third kappa shape index (κ3) is 6.24. The van der Waals surface area contributed by atoms with Crippen LogP contribution in [0.5, 0.6) is 0 Å². The molecule has 2 aromatic heterocycles. The summed E-state index contributed by atoms with van der Waals surface area (Å²) in [7, 11) is -3.28. The number of aromatic nitrogens is 2. The van der Waals surface area contributed by atoms with Crippen molar-refractivity contribution in [2.24, 2.45) is 0 Å². The van der Waals surface area contributed by atoms with Gasteiger partial charge in [-0.05, 0) is 62.4 Å². The Morgan fingerprint density at radius 3 is 2.43 bits per heavy atom. The fourth-order valence-corrected chi connectivity index (χ4v) is 7.83. The van der Waals surface area contributed by atoms with Gasteiger partial charge in [0.05, 0.1) is 21.6 Å². The Kier molecular flexibility index (Phi) is 8.49. The number of ether oxygens (including phenoxy) is 1. The maximum atomic E-state index is 13.1. The second kappa shape index (κ2) is 11.7. The van der Waals surface area contributed by atoms with E-state index in [1.165, 1.54) is 23.7 Å². The number of nitrogens with zero attached hydrogens (tertiary/aromatic N) is 3. The summed E-state index contributed by atoms with van der Waals surface area (Å²) in [5.74, 6) is -1.32. The monoisotopic (exact) mass is 622 g/mol. The van der Waals surface area contributed by atoms with Crippen molar-refractivity contribution in [3.05, 3.63) is 75.0 Å². The number of carbonyl (C=O) groups excluding carboxylic acids is 1. The number of rotatable bonds is 7. The van der Waals surface area contributed by atoms with Crippen LogP contribution in [0.3, 0.4) is 0 Å². The quantitative estimate of drug-likeness (QED) is 0.382. The highest BCUT2D eigenvalue weighted by atomic mass is 32.2. The number of hydrogen-bond donors (Lipinski definition) is 1. The molecule has 1 saturated heterocycles. The van der Waals surface area contributed by atoms with Crippen molar-refractivity contribution in [1.82, 2.24) is 20.2 Å². The molecule has 13 heteroatoms. The molecule has 2 aliphatic heterocycles. The summed E-state index contributed by atoms with van der Waals surface area (Å²) >= 11 is 1.44. The van der Waals surface area contributed by atoms with E-state index in [0.29, 0.717) is 42.8 Å². The number of sulfone groups is 1. The van der Waals surface area contributed by atoms with Crippen LogP contribution < -0.4 is 5.32 Å². The molecule has 5 rings (SSSR count). The van der Waals surface area contributed by atoms with Crippen LogP contribution in [0.25, 0.3) is 0 Å². The summed E-state index contributed by atoms with van der Waals surface area (Å²) in [6.45, 7) is 7.16. The van der Waals surface area contributed by atoms with Gasteiger partial charge in [-0.15, -0.1) is 11.3 Å². The maximum Gasteiger partial charge on any atom is 0.451 e. The minimum atomic E-state index is -4.58. The number of halogens is 3. The summed E-state index contributed by atoms with van der Waals surface area (Å²) in [5, 5.41) is 2.94. The van der Waals surface area contributed by atoms with Crippen LogP contribution in [0, 0.1) is 0 Å². The number of carbonyl (C=O) groups is 1. The Hall–Kier alpha value is -2.87. The number of likely N-dealkylation sites (tertiary alicyclic amines) is 1. The number of nitrogens with one attached hydrogen (secondary N) is 1. The lowest BCUT2D eigenvalue weighted by molar-refractivity contribution is -0.145. The van der Waals surface area contributed by atoms with Crippen LogP contribution in [0.15, 0.2) is 47.6 Å². The lowest BCUT2D eigenvalue weighted by Crippen LogP contribution is -2.48. The molecule has 1 aromatic carbocycles. The van der Waals surface area contributed by atoms with Crippen LogP contribution >= 0.6 is 11.3 Å². The first-order valence-corrected chi connectivity index (χ1v) is 16.3. The molecule has 0 bridgehead atoms. The van der Waals surface area contributed by atoms with E-state index in [4.69, 9.17) is 4.74 Å². The molecule has 1 fully saturated rings. The van der Waals surface area contributed by atoms with E-state index >= 15 is 0 Å². The average Bonchev–Trinajstić information content (AvgIpc) is 3.41.